The molecule has 0 aliphatic heterocycles. The van der Waals surface area contributed by atoms with Gasteiger partial charge in [-0.2, -0.15) is 0 Å². The summed E-state index contributed by atoms with van der Waals surface area (Å²) in [6, 6.07) is 7.39. The summed E-state index contributed by atoms with van der Waals surface area (Å²) in [5.41, 5.74) is 13.7. The third kappa shape index (κ3) is 2.99. The molecule has 2 aliphatic rings. The van der Waals surface area contributed by atoms with E-state index < -0.39 is 0 Å². The summed E-state index contributed by atoms with van der Waals surface area (Å²) in [6.45, 7) is 4.15. The lowest BCUT2D eigenvalue weighted by atomic mass is 10.0. The molecule has 106 valence electrons. The first-order chi connectivity index (χ1) is 10.1. The molecule has 0 radical (unpaired) electrons. The maximum absolute atomic E-state index is 8.20. The molecule has 1 aromatic carbocycles. The van der Waals surface area contributed by atoms with Crippen LogP contribution in [-0.2, 0) is 0 Å². The zero-order valence-electron chi connectivity index (χ0n) is 11.9. The van der Waals surface area contributed by atoms with Gasteiger partial charge in [-0.15, -0.1) is 0 Å². The van der Waals surface area contributed by atoms with Crippen LogP contribution in [0.1, 0.15) is 24.8 Å². The predicted molar refractivity (Wildman–Crippen MR) is 87.0 cm³/mol. The van der Waals surface area contributed by atoms with Gasteiger partial charge in [0, 0.05) is 11.3 Å². The summed E-state index contributed by atoms with van der Waals surface area (Å²) in [4.78, 5) is 0. The highest BCUT2D eigenvalue weighted by Crippen LogP contribution is 2.41. The molecule has 3 rings (SSSR count). The van der Waals surface area contributed by atoms with Crippen molar-refractivity contribution in [1.29, 1.82) is 5.41 Å². The van der Waals surface area contributed by atoms with E-state index in [-0.39, 0.29) is 0 Å². The molecule has 1 aromatic rings. The molecular formula is C18H19N3. The van der Waals surface area contributed by atoms with Gasteiger partial charge in [0.1, 0.15) is 5.84 Å². The fraction of sp³-hybridized carbons (Fsp3) is 0.222. The van der Waals surface area contributed by atoms with E-state index in [0.717, 1.165) is 17.7 Å². The largest absolute Gasteiger partial charge is 0.398 e. The summed E-state index contributed by atoms with van der Waals surface area (Å²) in [5.74, 6) is 0.932. The molecule has 2 aliphatic carbocycles. The Balaban J connectivity index is 1.84. The van der Waals surface area contributed by atoms with Crippen molar-refractivity contribution in [2.45, 2.75) is 19.3 Å². The molecule has 1 fully saturated rings. The zero-order valence-corrected chi connectivity index (χ0v) is 11.9. The average molecular weight is 277 g/mol. The molecule has 0 aromatic heterocycles. The molecule has 0 saturated heterocycles. The fourth-order valence-corrected chi connectivity index (χ4v) is 2.50. The summed E-state index contributed by atoms with van der Waals surface area (Å²) in [6.07, 6.45) is 7.35. The first-order valence-electron chi connectivity index (χ1n) is 7.20. The van der Waals surface area contributed by atoms with Crippen molar-refractivity contribution in [2.75, 3.05) is 5.73 Å². The van der Waals surface area contributed by atoms with Crippen LogP contribution in [0.25, 0.3) is 0 Å². The van der Waals surface area contributed by atoms with Crippen LogP contribution < -0.4 is 11.1 Å². The summed E-state index contributed by atoms with van der Waals surface area (Å²) in [7, 11) is 0. The first-order valence-corrected chi connectivity index (χ1v) is 7.20. The van der Waals surface area contributed by atoms with E-state index in [9.17, 15) is 0 Å². The molecule has 0 heterocycles. The molecule has 0 unspecified atom stereocenters. The van der Waals surface area contributed by atoms with E-state index in [4.69, 9.17) is 11.1 Å². The Morgan fingerprint density at radius 1 is 1.33 bits per heavy atom. The van der Waals surface area contributed by atoms with Gasteiger partial charge in [-0.25, -0.2) is 0 Å². The SMILES string of the molecule is C=C1CC=C=C(NC(=N)c2ccccc2N)C=C1C1CC1. The Morgan fingerprint density at radius 3 is 2.81 bits per heavy atom. The van der Waals surface area contributed by atoms with Crippen molar-refractivity contribution >= 4 is 11.5 Å². The number of benzene rings is 1. The van der Waals surface area contributed by atoms with Crippen LogP contribution in [0, 0.1) is 11.3 Å². The lowest BCUT2D eigenvalue weighted by Gasteiger charge is -2.11. The van der Waals surface area contributed by atoms with Crippen molar-refractivity contribution in [3.8, 4) is 0 Å². The normalized spacial score (nSPS) is 17.8. The number of nitrogens with one attached hydrogen (secondary N) is 2. The lowest BCUT2D eigenvalue weighted by molar-refractivity contribution is 0.990. The van der Waals surface area contributed by atoms with Gasteiger partial charge in [0.15, 0.2) is 0 Å². The minimum atomic E-state index is 0.294. The highest BCUT2D eigenvalue weighted by Gasteiger charge is 2.27. The number of para-hydroxylation sites is 1. The Bertz CT molecular complexity index is 699. The minimum Gasteiger partial charge on any atom is -0.398 e. The smallest absolute Gasteiger partial charge is 0.132 e. The van der Waals surface area contributed by atoms with Crippen LogP contribution in [0.5, 0.6) is 0 Å². The van der Waals surface area contributed by atoms with Crippen LogP contribution >= 0.6 is 0 Å². The summed E-state index contributed by atoms with van der Waals surface area (Å²) in [5, 5.41) is 11.3. The van der Waals surface area contributed by atoms with Gasteiger partial charge in [-0.1, -0.05) is 24.4 Å². The number of nitrogen functional groups attached to an aromatic ring is 1. The molecular weight excluding hydrogens is 258 g/mol. The Morgan fingerprint density at radius 2 is 2.10 bits per heavy atom. The van der Waals surface area contributed by atoms with Crippen LogP contribution in [-0.4, -0.2) is 5.84 Å². The van der Waals surface area contributed by atoms with Crippen LogP contribution in [0.3, 0.4) is 0 Å². The predicted octanol–water partition coefficient (Wildman–Crippen LogP) is 3.52. The number of rotatable bonds is 3. The van der Waals surface area contributed by atoms with Crippen LogP contribution in [0.15, 0.2) is 65.6 Å². The van der Waals surface area contributed by atoms with E-state index >= 15 is 0 Å². The van der Waals surface area contributed by atoms with Gasteiger partial charge in [-0.3, -0.25) is 5.41 Å². The van der Waals surface area contributed by atoms with Gasteiger partial charge in [-0.05, 0) is 60.6 Å². The van der Waals surface area contributed by atoms with Crippen molar-refractivity contribution in [3.63, 3.8) is 0 Å². The van der Waals surface area contributed by atoms with E-state index in [2.05, 4.69) is 23.7 Å². The van der Waals surface area contributed by atoms with E-state index in [1.165, 1.54) is 18.4 Å². The summed E-state index contributed by atoms with van der Waals surface area (Å²) >= 11 is 0. The van der Waals surface area contributed by atoms with Crippen LogP contribution in [0.2, 0.25) is 0 Å². The highest BCUT2D eigenvalue weighted by atomic mass is 14.9. The molecule has 1 saturated carbocycles. The molecule has 0 atom stereocenters. The first kappa shape index (κ1) is 13.5. The Kier molecular flexibility index (Phi) is 3.51. The second-order valence-corrected chi connectivity index (χ2v) is 5.53. The van der Waals surface area contributed by atoms with Crippen molar-refractivity contribution in [1.82, 2.24) is 5.32 Å². The number of allylic oxidation sites excluding steroid dienone is 3. The topological polar surface area (TPSA) is 61.9 Å². The Hall–Kier alpha value is -2.51. The Labute approximate surface area is 125 Å². The number of anilines is 1. The second kappa shape index (κ2) is 5.47. The quantitative estimate of drug-likeness (QED) is 0.342. The number of nitrogens with two attached hydrogens (primary N) is 1. The molecule has 0 spiro atoms. The van der Waals surface area contributed by atoms with Gasteiger partial charge < -0.3 is 11.1 Å². The van der Waals surface area contributed by atoms with Gasteiger partial charge in [0.25, 0.3) is 0 Å². The highest BCUT2D eigenvalue weighted by molar-refractivity contribution is 6.02. The monoisotopic (exact) mass is 277 g/mol. The number of hydrogen-bond acceptors (Lipinski definition) is 2. The van der Waals surface area contributed by atoms with E-state index in [1.807, 2.05) is 24.3 Å². The number of amidine groups is 1. The van der Waals surface area contributed by atoms with Crippen molar-refractivity contribution in [2.24, 2.45) is 5.92 Å². The summed E-state index contributed by atoms with van der Waals surface area (Å²) < 4.78 is 0. The molecule has 3 nitrogen and oxygen atoms in total. The molecule has 21 heavy (non-hydrogen) atoms. The molecule has 0 amide bonds. The van der Waals surface area contributed by atoms with Crippen LogP contribution in [0.4, 0.5) is 5.69 Å². The van der Waals surface area contributed by atoms with Gasteiger partial charge in [0.2, 0.25) is 0 Å². The zero-order chi connectivity index (χ0) is 14.8. The molecule has 0 bridgehead atoms. The number of hydrogen-bond donors (Lipinski definition) is 3. The van der Waals surface area contributed by atoms with Crippen molar-refractivity contribution < 1.29 is 0 Å². The fourth-order valence-electron chi connectivity index (χ4n) is 2.50. The van der Waals surface area contributed by atoms with Gasteiger partial charge >= 0.3 is 0 Å². The molecule has 3 heteroatoms. The third-order valence-electron chi connectivity index (χ3n) is 3.82. The maximum Gasteiger partial charge on any atom is 0.132 e. The van der Waals surface area contributed by atoms with Gasteiger partial charge in [0.05, 0.1) is 5.70 Å². The maximum atomic E-state index is 8.20. The van der Waals surface area contributed by atoms with E-state index in [0.29, 0.717) is 23.0 Å². The lowest BCUT2D eigenvalue weighted by Crippen LogP contribution is -2.22. The third-order valence-corrected chi connectivity index (χ3v) is 3.82. The second-order valence-electron chi connectivity index (χ2n) is 5.53. The molecule has 4 N–H and O–H groups in total. The van der Waals surface area contributed by atoms with Crippen molar-refractivity contribution in [3.05, 3.63) is 71.1 Å². The minimum absolute atomic E-state index is 0.294. The van der Waals surface area contributed by atoms with E-state index in [1.54, 1.807) is 6.07 Å². The standard InChI is InChI=1S/C18H19N3/c1-12-5-4-6-14(11-16(12)13-9-10-13)21-18(20)15-7-2-3-8-17(15)19/h2-4,7-8,11,13H,1,5,9-10,19H2,(H2,20,21). The average Bonchev–Trinajstić information content (AvgIpc) is 3.28.